The molecule has 0 aliphatic carbocycles. The van der Waals surface area contributed by atoms with Gasteiger partial charge in [0, 0.05) is 6.42 Å². The van der Waals surface area contributed by atoms with Gasteiger partial charge in [-0.25, -0.2) is 0 Å². The number of amides is 1. The summed E-state index contributed by atoms with van der Waals surface area (Å²) in [6.45, 7) is 4.64. The predicted octanol–water partition coefficient (Wildman–Crippen LogP) is 16.5. The molecule has 1 amide bonds. The fraction of sp³-hybridized carbons (Fsp3) is 0.845. The van der Waals surface area contributed by atoms with Crippen LogP contribution < -0.4 is 10.2 Å². The van der Waals surface area contributed by atoms with Crippen LogP contribution in [0, 0.1) is 0 Å². The number of carbonyl (C=O) groups excluding carboxylic acids is 1. The number of nitrogens with one attached hydrogen (secondary N) is 1. The van der Waals surface area contributed by atoms with E-state index in [1.54, 1.807) is 6.08 Å². The molecule has 3 atom stereocenters. The number of nitrogens with zero attached hydrogens (tertiary/aromatic N) is 1. The van der Waals surface area contributed by atoms with E-state index in [9.17, 15) is 19.4 Å². The first-order valence-electron chi connectivity index (χ1n) is 28.5. The molecule has 0 aromatic heterocycles. The SMILES string of the molecule is CCCCCCCCCC/C=C/CC/C=C/CC/C=C/C(O)C(COP(=O)([O-])OCC[N+](C)(C)C)NC(=O)CCCCCCCCCCCCC/C=C\CCCCCCCCCCCCCC. The summed E-state index contributed by atoms with van der Waals surface area (Å²) in [5.74, 6) is -0.211. The standard InChI is InChI=1S/C58H111N2O6P/c1-6-8-10-12-14-16-18-20-22-24-26-27-28-29-30-31-32-33-34-36-38-40-42-44-46-48-50-52-58(62)59-56(55-66-67(63,64)65-54-53-60(3,4)5)57(61)51-49-47-45-43-41-39-37-35-25-23-21-19-17-15-13-11-9-7-2/h25,29-30,35,41,43,49,51,56-57,61H,6-24,26-28,31-34,36-40,42,44-48,50,52-55H2,1-5H3,(H-,59,62,63,64)/b30-29-,35-25+,43-41+,51-49+. The average molecular weight is 964 g/mol. The molecule has 8 nitrogen and oxygen atoms in total. The zero-order chi connectivity index (χ0) is 49.2. The van der Waals surface area contributed by atoms with Crippen molar-refractivity contribution < 1.29 is 32.9 Å². The number of hydrogen-bond donors (Lipinski definition) is 2. The Labute approximate surface area is 416 Å². The second-order valence-electron chi connectivity index (χ2n) is 20.6. The largest absolute Gasteiger partial charge is 0.756 e. The molecule has 9 heteroatoms. The van der Waals surface area contributed by atoms with Crippen LogP contribution in [0.3, 0.4) is 0 Å². The predicted molar refractivity (Wildman–Crippen MR) is 288 cm³/mol. The first-order chi connectivity index (χ1) is 32.5. The van der Waals surface area contributed by atoms with Crippen molar-refractivity contribution in [2.75, 3.05) is 40.9 Å². The topological polar surface area (TPSA) is 108 Å². The first-order valence-corrected chi connectivity index (χ1v) is 30.0. The molecule has 0 aliphatic rings. The zero-order valence-electron chi connectivity index (χ0n) is 44.9. The lowest BCUT2D eigenvalue weighted by Gasteiger charge is -2.29. The smallest absolute Gasteiger partial charge is 0.268 e. The van der Waals surface area contributed by atoms with Crippen molar-refractivity contribution in [3.05, 3.63) is 48.6 Å². The van der Waals surface area contributed by atoms with Gasteiger partial charge in [-0.05, 0) is 70.6 Å². The average Bonchev–Trinajstić information content (AvgIpc) is 3.29. The quantitative estimate of drug-likeness (QED) is 0.0272. The molecule has 0 spiro atoms. The lowest BCUT2D eigenvalue weighted by atomic mass is 10.0. The molecular formula is C58H111N2O6P. The van der Waals surface area contributed by atoms with Crippen LogP contribution in [-0.4, -0.2) is 68.5 Å². The van der Waals surface area contributed by atoms with Gasteiger partial charge in [0.05, 0.1) is 39.9 Å². The molecule has 3 unspecified atom stereocenters. The Morgan fingerprint density at radius 2 is 0.836 bits per heavy atom. The van der Waals surface area contributed by atoms with Gasteiger partial charge in [-0.3, -0.25) is 9.36 Å². The summed E-state index contributed by atoms with van der Waals surface area (Å²) < 4.78 is 23.3. The number of likely N-dealkylation sites (N-methyl/N-ethyl adjacent to an activating group) is 1. The molecule has 0 saturated carbocycles. The summed E-state index contributed by atoms with van der Waals surface area (Å²) >= 11 is 0. The van der Waals surface area contributed by atoms with Crippen LogP contribution in [0.5, 0.6) is 0 Å². The highest BCUT2D eigenvalue weighted by molar-refractivity contribution is 7.45. The van der Waals surface area contributed by atoms with E-state index in [0.717, 1.165) is 44.9 Å². The van der Waals surface area contributed by atoms with Gasteiger partial charge in [-0.15, -0.1) is 0 Å². The summed E-state index contributed by atoms with van der Waals surface area (Å²) in [5, 5.41) is 13.8. The highest BCUT2D eigenvalue weighted by atomic mass is 31.2. The van der Waals surface area contributed by atoms with Gasteiger partial charge in [-0.2, -0.15) is 0 Å². The van der Waals surface area contributed by atoms with E-state index in [2.05, 4.69) is 55.6 Å². The Balaban J connectivity index is 4.23. The van der Waals surface area contributed by atoms with Gasteiger partial charge in [0.25, 0.3) is 7.82 Å². The number of aliphatic hydroxyl groups is 1. The third-order valence-corrected chi connectivity index (χ3v) is 13.7. The Bertz CT molecular complexity index is 1230. The first kappa shape index (κ1) is 65.5. The Morgan fingerprint density at radius 1 is 0.507 bits per heavy atom. The maximum atomic E-state index is 12.9. The Kier molecular flexibility index (Phi) is 48.3. The lowest BCUT2D eigenvalue weighted by molar-refractivity contribution is -0.870. The van der Waals surface area contributed by atoms with Crippen molar-refractivity contribution in [3.8, 4) is 0 Å². The summed E-state index contributed by atoms with van der Waals surface area (Å²) in [6.07, 6.45) is 64.8. The minimum Gasteiger partial charge on any atom is -0.756 e. The van der Waals surface area contributed by atoms with Crippen molar-refractivity contribution in [3.63, 3.8) is 0 Å². The van der Waals surface area contributed by atoms with Crippen LogP contribution in [0.2, 0.25) is 0 Å². The number of allylic oxidation sites excluding steroid dienone is 7. The molecule has 0 bridgehead atoms. The molecule has 0 saturated heterocycles. The number of hydrogen-bond acceptors (Lipinski definition) is 6. The molecule has 0 aliphatic heterocycles. The zero-order valence-corrected chi connectivity index (χ0v) is 45.7. The van der Waals surface area contributed by atoms with Crippen molar-refractivity contribution >= 4 is 13.7 Å². The summed E-state index contributed by atoms with van der Waals surface area (Å²) in [4.78, 5) is 25.5. The van der Waals surface area contributed by atoms with Crippen LogP contribution in [0.1, 0.15) is 264 Å². The van der Waals surface area contributed by atoms with Crippen molar-refractivity contribution in [2.24, 2.45) is 0 Å². The van der Waals surface area contributed by atoms with E-state index in [-0.39, 0.29) is 12.5 Å². The summed E-state index contributed by atoms with van der Waals surface area (Å²) in [5.41, 5.74) is 0. The molecule has 0 aromatic rings. The molecule has 0 heterocycles. The maximum Gasteiger partial charge on any atom is 0.268 e. The molecule has 0 rings (SSSR count). The van der Waals surface area contributed by atoms with Gasteiger partial charge in [0.15, 0.2) is 0 Å². The van der Waals surface area contributed by atoms with Crippen molar-refractivity contribution in [2.45, 2.75) is 276 Å². The third-order valence-electron chi connectivity index (χ3n) is 12.7. The van der Waals surface area contributed by atoms with Crippen LogP contribution in [0.4, 0.5) is 0 Å². The minimum atomic E-state index is -4.61. The van der Waals surface area contributed by atoms with Gasteiger partial charge in [0.1, 0.15) is 13.2 Å². The normalized spacial score (nSPS) is 14.3. The maximum absolute atomic E-state index is 12.9. The van der Waals surface area contributed by atoms with E-state index in [1.165, 1.54) is 199 Å². The highest BCUT2D eigenvalue weighted by Crippen LogP contribution is 2.38. The van der Waals surface area contributed by atoms with Gasteiger partial charge < -0.3 is 28.8 Å². The number of aliphatic hydroxyl groups excluding tert-OH is 1. The fourth-order valence-electron chi connectivity index (χ4n) is 8.24. The van der Waals surface area contributed by atoms with E-state index in [0.29, 0.717) is 17.4 Å². The monoisotopic (exact) mass is 963 g/mol. The number of rotatable bonds is 52. The van der Waals surface area contributed by atoms with Crippen LogP contribution in [0.15, 0.2) is 48.6 Å². The van der Waals surface area contributed by atoms with E-state index in [4.69, 9.17) is 9.05 Å². The number of carbonyl (C=O) groups is 1. The molecule has 67 heavy (non-hydrogen) atoms. The number of phosphoric acid groups is 1. The molecule has 394 valence electrons. The fourth-order valence-corrected chi connectivity index (χ4v) is 8.96. The van der Waals surface area contributed by atoms with E-state index < -0.39 is 26.6 Å². The third kappa shape index (κ3) is 52.1. The van der Waals surface area contributed by atoms with Gasteiger partial charge in [0.2, 0.25) is 5.91 Å². The second kappa shape index (κ2) is 49.4. The van der Waals surface area contributed by atoms with Crippen LogP contribution in [-0.2, 0) is 18.4 Å². The summed E-state index contributed by atoms with van der Waals surface area (Å²) in [6, 6.07) is -0.911. The number of phosphoric ester groups is 1. The Hall–Kier alpha value is -1.54. The lowest BCUT2D eigenvalue weighted by Crippen LogP contribution is -2.45. The van der Waals surface area contributed by atoms with Crippen molar-refractivity contribution in [1.29, 1.82) is 0 Å². The molecule has 2 N–H and O–H groups in total. The van der Waals surface area contributed by atoms with Crippen LogP contribution in [0.25, 0.3) is 0 Å². The van der Waals surface area contributed by atoms with Gasteiger partial charge in [-0.1, -0.05) is 236 Å². The number of quaternary nitrogens is 1. The molecular weight excluding hydrogens is 852 g/mol. The molecule has 0 radical (unpaired) electrons. The van der Waals surface area contributed by atoms with E-state index in [1.807, 2.05) is 27.2 Å². The molecule has 0 fully saturated rings. The van der Waals surface area contributed by atoms with Crippen LogP contribution >= 0.6 is 7.82 Å². The van der Waals surface area contributed by atoms with Crippen molar-refractivity contribution in [1.82, 2.24) is 5.32 Å². The number of unbranched alkanes of at least 4 members (excludes halogenated alkanes) is 33. The molecule has 0 aromatic carbocycles. The highest BCUT2D eigenvalue weighted by Gasteiger charge is 2.23. The van der Waals surface area contributed by atoms with E-state index >= 15 is 0 Å². The minimum absolute atomic E-state index is 0.00941. The van der Waals surface area contributed by atoms with Gasteiger partial charge >= 0.3 is 0 Å². The summed E-state index contributed by atoms with van der Waals surface area (Å²) in [7, 11) is 1.24. The second-order valence-corrected chi connectivity index (χ2v) is 22.0. The Morgan fingerprint density at radius 3 is 1.21 bits per heavy atom.